The first-order valence-corrected chi connectivity index (χ1v) is 11.5. The number of carbonyl (C=O) groups is 1. The summed E-state index contributed by atoms with van der Waals surface area (Å²) in [6, 6.07) is 3.40. The molecule has 0 fully saturated rings. The fourth-order valence-corrected chi connectivity index (χ4v) is 3.41. The van der Waals surface area contributed by atoms with Crippen LogP contribution >= 0.6 is 0 Å². The van der Waals surface area contributed by atoms with Gasteiger partial charge >= 0.3 is 0 Å². The molecule has 1 aromatic heterocycles. The molecule has 0 unspecified atom stereocenters. The fraction of sp³-hybridized carbons (Fsp3) is 0.792. The summed E-state index contributed by atoms with van der Waals surface area (Å²) in [5.74, 6) is 0.769. The average Bonchev–Trinajstić information content (AvgIpc) is 3.13. The van der Waals surface area contributed by atoms with Gasteiger partial charge in [0.15, 0.2) is 11.5 Å². The van der Waals surface area contributed by atoms with Gasteiger partial charge < -0.3 is 9.15 Å². The van der Waals surface area contributed by atoms with E-state index in [4.69, 9.17) is 9.15 Å². The summed E-state index contributed by atoms with van der Waals surface area (Å²) < 4.78 is 10.8. The first-order chi connectivity index (χ1) is 13.2. The van der Waals surface area contributed by atoms with Gasteiger partial charge in [0.05, 0.1) is 6.61 Å². The van der Waals surface area contributed by atoms with E-state index in [0.717, 1.165) is 6.42 Å². The minimum absolute atomic E-state index is 0.0627. The van der Waals surface area contributed by atoms with Crippen molar-refractivity contribution in [2.75, 3.05) is 6.61 Å². The van der Waals surface area contributed by atoms with Crippen molar-refractivity contribution < 1.29 is 13.9 Å². The van der Waals surface area contributed by atoms with E-state index in [-0.39, 0.29) is 5.78 Å². The molecule has 0 amide bonds. The topological polar surface area (TPSA) is 39.4 Å². The highest BCUT2D eigenvalue weighted by molar-refractivity contribution is 5.91. The fourth-order valence-electron chi connectivity index (χ4n) is 3.41. The predicted octanol–water partition coefficient (Wildman–Crippen LogP) is 8.12. The molecule has 0 aliphatic heterocycles. The molecule has 0 saturated heterocycles. The van der Waals surface area contributed by atoms with Crippen molar-refractivity contribution in [2.24, 2.45) is 0 Å². The summed E-state index contributed by atoms with van der Waals surface area (Å²) in [7, 11) is 0. The van der Waals surface area contributed by atoms with Crippen molar-refractivity contribution in [1.82, 2.24) is 0 Å². The van der Waals surface area contributed by atoms with Crippen LogP contribution < -0.4 is 4.74 Å². The SMILES string of the molecule is CCCCCCCCCCCCCCCCCCOc1ccc(C(C)=O)o1. The smallest absolute Gasteiger partial charge is 0.284 e. The normalized spacial score (nSPS) is 11.0. The monoisotopic (exact) mass is 378 g/mol. The zero-order chi connectivity index (χ0) is 19.6. The Kier molecular flexibility index (Phi) is 14.9. The van der Waals surface area contributed by atoms with E-state index in [1.807, 2.05) is 0 Å². The van der Waals surface area contributed by atoms with Crippen LogP contribution in [0, 0.1) is 0 Å². The third-order valence-electron chi connectivity index (χ3n) is 5.17. The summed E-state index contributed by atoms with van der Waals surface area (Å²) in [5, 5.41) is 0. The maximum Gasteiger partial charge on any atom is 0.284 e. The predicted molar refractivity (Wildman–Crippen MR) is 114 cm³/mol. The van der Waals surface area contributed by atoms with Crippen LogP contribution in [-0.2, 0) is 0 Å². The largest absolute Gasteiger partial charge is 0.465 e. The van der Waals surface area contributed by atoms with E-state index in [2.05, 4.69) is 6.92 Å². The Morgan fingerprint density at radius 1 is 0.741 bits per heavy atom. The molecule has 3 heteroatoms. The molecular formula is C24H42O3. The van der Waals surface area contributed by atoms with Crippen LogP contribution in [0.25, 0.3) is 0 Å². The van der Waals surface area contributed by atoms with Crippen molar-refractivity contribution in [3.05, 3.63) is 17.9 Å². The van der Waals surface area contributed by atoms with E-state index in [1.165, 1.54) is 103 Å². The molecule has 0 spiro atoms. The summed E-state index contributed by atoms with van der Waals surface area (Å²) in [6.45, 7) is 4.45. The van der Waals surface area contributed by atoms with Gasteiger partial charge in [0.25, 0.3) is 5.95 Å². The van der Waals surface area contributed by atoms with Crippen LogP contribution in [0.15, 0.2) is 16.5 Å². The van der Waals surface area contributed by atoms with Crippen LogP contribution in [0.5, 0.6) is 5.95 Å². The number of furan rings is 1. The molecule has 0 atom stereocenters. The number of hydrogen-bond donors (Lipinski definition) is 0. The number of hydrogen-bond acceptors (Lipinski definition) is 3. The van der Waals surface area contributed by atoms with Crippen LogP contribution in [0.1, 0.15) is 127 Å². The van der Waals surface area contributed by atoms with E-state index < -0.39 is 0 Å². The molecule has 156 valence electrons. The van der Waals surface area contributed by atoms with Crippen LogP contribution in [0.3, 0.4) is 0 Å². The Morgan fingerprint density at radius 2 is 1.19 bits per heavy atom. The van der Waals surface area contributed by atoms with Gasteiger partial charge in [0.1, 0.15) is 0 Å². The van der Waals surface area contributed by atoms with Gasteiger partial charge in [-0.3, -0.25) is 4.79 Å². The van der Waals surface area contributed by atoms with Crippen molar-refractivity contribution in [3.63, 3.8) is 0 Å². The standard InChI is InChI=1S/C24H42O3/c1-3-4-5-6-7-8-9-10-11-12-13-14-15-16-17-18-21-26-24-20-19-23(27-24)22(2)25/h19-20H,3-18,21H2,1-2H3. The first kappa shape index (κ1) is 23.8. The quantitative estimate of drug-likeness (QED) is 0.180. The van der Waals surface area contributed by atoms with Gasteiger partial charge in [-0.1, -0.05) is 103 Å². The molecule has 0 aliphatic carbocycles. The second-order valence-corrected chi connectivity index (χ2v) is 7.83. The molecule has 0 saturated carbocycles. The summed E-state index contributed by atoms with van der Waals surface area (Å²) in [4.78, 5) is 11.1. The maximum absolute atomic E-state index is 11.1. The van der Waals surface area contributed by atoms with Gasteiger partial charge in [-0.05, 0) is 12.5 Å². The van der Waals surface area contributed by atoms with E-state index in [1.54, 1.807) is 12.1 Å². The number of ketones is 1. The Bertz CT molecular complexity index is 464. The number of ether oxygens (including phenoxy) is 1. The van der Waals surface area contributed by atoms with Crippen molar-refractivity contribution in [1.29, 1.82) is 0 Å². The first-order valence-electron chi connectivity index (χ1n) is 11.5. The van der Waals surface area contributed by atoms with Crippen molar-refractivity contribution in [3.8, 4) is 5.95 Å². The summed E-state index contributed by atoms with van der Waals surface area (Å²) >= 11 is 0. The molecule has 0 N–H and O–H groups in total. The van der Waals surface area contributed by atoms with Crippen molar-refractivity contribution >= 4 is 5.78 Å². The third kappa shape index (κ3) is 13.5. The number of unbranched alkanes of at least 4 members (excludes halogenated alkanes) is 15. The molecule has 0 aliphatic rings. The number of carbonyl (C=O) groups excluding carboxylic acids is 1. The molecule has 1 aromatic rings. The van der Waals surface area contributed by atoms with Gasteiger partial charge in [-0.15, -0.1) is 0 Å². The minimum atomic E-state index is -0.0627. The lowest BCUT2D eigenvalue weighted by molar-refractivity contribution is 0.0978. The Morgan fingerprint density at radius 3 is 1.59 bits per heavy atom. The second-order valence-electron chi connectivity index (χ2n) is 7.83. The highest BCUT2D eigenvalue weighted by Gasteiger charge is 2.06. The molecule has 27 heavy (non-hydrogen) atoms. The number of rotatable bonds is 19. The summed E-state index contributed by atoms with van der Waals surface area (Å²) in [5.41, 5.74) is 0. The van der Waals surface area contributed by atoms with Gasteiger partial charge in [0, 0.05) is 13.0 Å². The Hall–Kier alpha value is -1.25. The van der Waals surface area contributed by atoms with E-state index >= 15 is 0 Å². The van der Waals surface area contributed by atoms with Crippen LogP contribution in [0.4, 0.5) is 0 Å². The van der Waals surface area contributed by atoms with E-state index in [0.29, 0.717) is 18.3 Å². The highest BCUT2D eigenvalue weighted by atomic mass is 16.6. The van der Waals surface area contributed by atoms with Crippen LogP contribution in [0.2, 0.25) is 0 Å². The minimum Gasteiger partial charge on any atom is -0.465 e. The average molecular weight is 379 g/mol. The van der Waals surface area contributed by atoms with Gasteiger partial charge in [-0.25, -0.2) is 0 Å². The van der Waals surface area contributed by atoms with Crippen LogP contribution in [-0.4, -0.2) is 12.4 Å². The molecule has 0 bridgehead atoms. The third-order valence-corrected chi connectivity index (χ3v) is 5.17. The zero-order valence-corrected chi connectivity index (χ0v) is 17.9. The lowest BCUT2D eigenvalue weighted by Gasteiger charge is -2.04. The maximum atomic E-state index is 11.1. The molecular weight excluding hydrogens is 336 g/mol. The molecule has 0 aromatic carbocycles. The van der Waals surface area contributed by atoms with E-state index in [9.17, 15) is 4.79 Å². The number of Topliss-reactive ketones (excluding diaryl/α,β-unsaturated/α-hetero) is 1. The Labute approximate surface area is 167 Å². The van der Waals surface area contributed by atoms with Gasteiger partial charge in [-0.2, -0.15) is 0 Å². The lowest BCUT2D eigenvalue weighted by Crippen LogP contribution is -1.96. The molecule has 0 radical (unpaired) electrons. The molecule has 3 nitrogen and oxygen atoms in total. The summed E-state index contributed by atoms with van der Waals surface area (Å²) in [6.07, 6.45) is 21.9. The van der Waals surface area contributed by atoms with Gasteiger partial charge in [0.2, 0.25) is 0 Å². The Balaban J connectivity index is 1.76. The molecule has 1 rings (SSSR count). The second kappa shape index (κ2) is 16.9. The molecule has 1 heterocycles. The zero-order valence-electron chi connectivity index (χ0n) is 17.9. The highest BCUT2D eigenvalue weighted by Crippen LogP contribution is 2.17. The lowest BCUT2D eigenvalue weighted by atomic mass is 10.0. The van der Waals surface area contributed by atoms with Crippen molar-refractivity contribution in [2.45, 2.75) is 117 Å².